The van der Waals surface area contributed by atoms with Crippen LogP contribution in [0.5, 0.6) is 0 Å². The zero-order valence-electron chi connectivity index (χ0n) is 13.6. The van der Waals surface area contributed by atoms with E-state index in [1.54, 1.807) is 0 Å². The van der Waals surface area contributed by atoms with Gasteiger partial charge in [-0.3, -0.25) is 0 Å². The fraction of sp³-hybridized carbons (Fsp3) is 0.727. The monoisotopic (exact) mass is 372 g/mol. The van der Waals surface area contributed by atoms with E-state index in [0.29, 0.717) is 19.8 Å². The third-order valence-corrected chi connectivity index (χ3v) is 2.36. The average Bonchev–Trinajstić information content (AvgIpc) is 2.42. The van der Waals surface area contributed by atoms with Crippen molar-refractivity contribution in [3.8, 4) is 0 Å². The van der Waals surface area contributed by atoms with E-state index >= 15 is 0 Å². The first-order chi connectivity index (χ1) is 9.95. The van der Waals surface area contributed by atoms with Crippen molar-refractivity contribution in [2.45, 2.75) is 0 Å². The molecule has 0 aromatic rings. The van der Waals surface area contributed by atoms with Crippen molar-refractivity contribution in [1.82, 2.24) is 0 Å². The minimum atomic E-state index is -4.92. The number of esters is 1. The second-order valence-corrected chi connectivity index (χ2v) is 4.64. The Kier molecular flexibility index (Phi) is 24.6. The second kappa shape index (κ2) is 19.5. The van der Waals surface area contributed by atoms with Crippen LogP contribution >= 0.6 is 7.82 Å². The summed E-state index contributed by atoms with van der Waals surface area (Å²) in [5, 5.41) is 0. The topological polar surface area (TPSA) is 126 Å². The molecule has 0 aromatic carbocycles. The van der Waals surface area contributed by atoms with Crippen LogP contribution in [-0.4, -0.2) is 58.8 Å². The van der Waals surface area contributed by atoms with Gasteiger partial charge in [0, 0.05) is 6.08 Å². The fourth-order valence-electron chi connectivity index (χ4n) is 1.01. The van der Waals surface area contributed by atoms with Crippen molar-refractivity contribution in [2.24, 2.45) is 0 Å². The Hall–Kier alpha value is 1.20. The molecular formula is C11H19Na2O9P. The first-order valence-electron chi connectivity index (χ1n) is 6.14. The third-order valence-electron chi connectivity index (χ3n) is 1.86. The van der Waals surface area contributed by atoms with E-state index in [0.717, 1.165) is 6.08 Å². The summed E-state index contributed by atoms with van der Waals surface area (Å²) in [6.07, 6.45) is 1.07. The van der Waals surface area contributed by atoms with Gasteiger partial charge in [0.05, 0.1) is 54.1 Å². The molecule has 0 bridgehead atoms. The molecule has 0 aliphatic carbocycles. The van der Waals surface area contributed by atoms with E-state index in [1.807, 2.05) is 0 Å². The van der Waals surface area contributed by atoms with Gasteiger partial charge in [-0.15, -0.1) is 0 Å². The maximum Gasteiger partial charge on any atom is 1.00 e. The minimum absolute atomic E-state index is 0. The van der Waals surface area contributed by atoms with Crippen LogP contribution in [0.3, 0.4) is 0 Å². The average molecular weight is 372 g/mol. The quantitative estimate of drug-likeness (QED) is 0.0961. The van der Waals surface area contributed by atoms with Gasteiger partial charge in [-0.25, -0.2) is 4.79 Å². The summed E-state index contributed by atoms with van der Waals surface area (Å²) in [6, 6.07) is 0. The number of carbonyl (C=O) groups excluding carboxylic acids is 1. The van der Waals surface area contributed by atoms with Crippen LogP contribution in [-0.2, 0) is 32.8 Å². The normalized spacial score (nSPS) is 10.3. The van der Waals surface area contributed by atoms with Gasteiger partial charge in [0.25, 0.3) is 0 Å². The van der Waals surface area contributed by atoms with E-state index < -0.39 is 13.8 Å². The number of carbonyl (C=O) groups is 1. The molecule has 0 fully saturated rings. The molecule has 23 heavy (non-hydrogen) atoms. The first-order valence-corrected chi connectivity index (χ1v) is 7.61. The molecule has 0 radical (unpaired) electrons. The molecule has 0 saturated heterocycles. The molecule has 0 aromatic heterocycles. The number of ether oxygens (including phenoxy) is 4. The molecule has 0 aliphatic rings. The number of hydrogen-bond acceptors (Lipinski definition) is 9. The van der Waals surface area contributed by atoms with Crippen LogP contribution in [0.1, 0.15) is 0 Å². The first kappa shape index (κ1) is 29.0. The predicted molar refractivity (Wildman–Crippen MR) is 67.2 cm³/mol. The number of hydrogen-bond donors (Lipinski definition) is 0. The summed E-state index contributed by atoms with van der Waals surface area (Å²) in [6.45, 7) is 4.55. The Bertz CT molecular complexity index is 337. The standard InChI is InChI=1S/C11H21O9P.2Na/c1-2-11(12)19-9-7-17-5-3-16-4-6-18-8-10-20-21(13,14)15;;/h2H,1,3-10H2,(H2,13,14,15);;/q;2*+1/p-2. The zero-order valence-corrected chi connectivity index (χ0v) is 18.5. The van der Waals surface area contributed by atoms with Crippen molar-refractivity contribution in [1.29, 1.82) is 0 Å². The molecule has 0 saturated carbocycles. The largest absolute Gasteiger partial charge is 1.00 e. The van der Waals surface area contributed by atoms with E-state index in [-0.39, 0.29) is 92.1 Å². The van der Waals surface area contributed by atoms with E-state index in [2.05, 4.69) is 15.8 Å². The summed E-state index contributed by atoms with van der Waals surface area (Å²) >= 11 is 0. The van der Waals surface area contributed by atoms with Crippen molar-refractivity contribution in [3.63, 3.8) is 0 Å². The molecule has 0 amide bonds. The molecule has 0 heterocycles. The summed E-state index contributed by atoms with van der Waals surface area (Å²) < 4.78 is 33.9. The summed E-state index contributed by atoms with van der Waals surface area (Å²) in [7, 11) is -4.92. The predicted octanol–water partition coefficient (Wildman–Crippen LogP) is -7.38. The van der Waals surface area contributed by atoms with Crippen LogP contribution < -0.4 is 68.9 Å². The van der Waals surface area contributed by atoms with Gasteiger partial charge in [0.15, 0.2) is 0 Å². The van der Waals surface area contributed by atoms with Crippen LogP contribution in [0, 0.1) is 0 Å². The Morgan fingerprint density at radius 2 is 1.26 bits per heavy atom. The van der Waals surface area contributed by atoms with Crippen molar-refractivity contribution in [3.05, 3.63) is 12.7 Å². The molecule has 9 nitrogen and oxygen atoms in total. The molecule has 124 valence electrons. The molecule has 0 unspecified atom stereocenters. The molecule has 0 spiro atoms. The molecule has 0 N–H and O–H groups in total. The van der Waals surface area contributed by atoms with Gasteiger partial charge in [-0.05, 0) is 0 Å². The molecule has 12 heteroatoms. The van der Waals surface area contributed by atoms with Crippen molar-refractivity contribution >= 4 is 13.8 Å². The van der Waals surface area contributed by atoms with Gasteiger partial charge < -0.3 is 37.8 Å². The smallest absolute Gasteiger partial charge is 0.790 e. The Morgan fingerprint density at radius 3 is 1.65 bits per heavy atom. The van der Waals surface area contributed by atoms with E-state index in [1.165, 1.54) is 0 Å². The number of rotatable bonds is 14. The van der Waals surface area contributed by atoms with Gasteiger partial charge in [-0.1, -0.05) is 6.58 Å². The molecule has 0 rings (SSSR count). The van der Waals surface area contributed by atoms with Crippen molar-refractivity contribution in [2.75, 3.05) is 52.9 Å². The van der Waals surface area contributed by atoms with E-state index in [4.69, 9.17) is 14.2 Å². The summed E-state index contributed by atoms with van der Waals surface area (Å²) in [4.78, 5) is 30.8. The number of phosphoric ester groups is 1. The van der Waals surface area contributed by atoms with Crippen LogP contribution in [0.15, 0.2) is 12.7 Å². The van der Waals surface area contributed by atoms with Gasteiger partial charge in [-0.2, -0.15) is 0 Å². The van der Waals surface area contributed by atoms with E-state index in [9.17, 15) is 19.1 Å². The van der Waals surface area contributed by atoms with Crippen molar-refractivity contribution < 1.29 is 102 Å². The SMILES string of the molecule is C=CC(=O)OCCOCCOCCOCCOP(=O)([O-])[O-].[Na+].[Na+]. The Labute approximate surface area is 179 Å². The fourth-order valence-corrected chi connectivity index (χ4v) is 1.31. The van der Waals surface area contributed by atoms with Crippen LogP contribution in [0.4, 0.5) is 0 Å². The second-order valence-electron chi connectivity index (χ2n) is 3.49. The van der Waals surface area contributed by atoms with Crippen LogP contribution in [0.2, 0.25) is 0 Å². The Morgan fingerprint density at radius 1 is 0.870 bits per heavy atom. The van der Waals surface area contributed by atoms with Gasteiger partial charge in [0.1, 0.15) is 6.61 Å². The zero-order chi connectivity index (χ0) is 16.0. The molecule has 0 atom stereocenters. The maximum absolute atomic E-state index is 10.7. The van der Waals surface area contributed by atoms with Crippen LogP contribution in [0.25, 0.3) is 0 Å². The molecule has 0 aliphatic heterocycles. The number of phosphoric acid groups is 1. The van der Waals surface area contributed by atoms with Gasteiger partial charge in [0.2, 0.25) is 0 Å². The maximum atomic E-state index is 10.7. The summed E-state index contributed by atoms with van der Waals surface area (Å²) in [5.74, 6) is -0.499. The molecular weight excluding hydrogens is 353 g/mol. The minimum Gasteiger partial charge on any atom is -0.790 e. The summed E-state index contributed by atoms with van der Waals surface area (Å²) in [5.41, 5.74) is 0. The third kappa shape index (κ3) is 25.6. The van der Waals surface area contributed by atoms with Gasteiger partial charge >= 0.3 is 65.1 Å². The Balaban J connectivity index is -0.00000200.